The molecule has 0 aromatic heterocycles. The fourth-order valence-corrected chi connectivity index (χ4v) is 3.43. The lowest BCUT2D eigenvalue weighted by Crippen LogP contribution is -2.45. The Balaban J connectivity index is 2.93. The number of nitrogens with zero attached hydrogens (tertiary/aromatic N) is 1. The fourth-order valence-electron chi connectivity index (χ4n) is 1.90. The molecule has 1 amide bonds. The lowest BCUT2D eigenvalue weighted by atomic mass is 10.1. The van der Waals surface area contributed by atoms with Crippen molar-refractivity contribution in [2.24, 2.45) is 5.73 Å². The molecule has 0 saturated carbocycles. The van der Waals surface area contributed by atoms with Crippen LogP contribution >= 0.6 is 15.2 Å². The van der Waals surface area contributed by atoms with Crippen LogP contribution in [-0.4, -0.2) is 59.2 Å². The van der Waals surface area contributed by atoms with Crippen molar-refractivity contribution in [2.45, 2.75) is 12.5 Å². The van der Waals surface area contributed by atoms with E-state index in [1.807, 2.05) is 0 Å². The summed E-state index contributed by atoms with van der Waals surface area (Å²) in [7, 11) is -9.53. The second kappa shape index (κ2) is 7.62. The van der Waals surface area contributed by atoms with Gasteiger partial charge in [-0.3, -0.25) is 13.9 Å². The quantitative estimate of drug-likeness (QED) is 0.227. The Bertz CT molecular complexity index is 675. The lowest BCUT2D eigenvalue weighted by Gasteiger charge is -2.26. The van der Waals surface area contributed by atoms with Gasteiger partial charge in [-0.2, -0.15) is 0 Å². The van der Waals surface area contributed by atoms with Crippen molar-refractivity contribution in [1.82, 2.24) is 4.90 Å². The maximum atomic E-state index is 12.2. The predicted molar refractivity (Wildman–Crippen MR) is 82.1 cm³/mol. The molecule has 0 aliphatic heterocycles. The molecule has 0 bridgehead atoms. The summed E-state index contributed by atoms with van der Waals surface area (Å²) < 4.78 is 22.1. The number of aromatic hydroxyl groups is 2. The molecular weight excluding hydrogens is 366 g/mol. The number of hydrogen-bond acceptors (Lipinski definition) is 6. The van der Waals surface area contributed by atoms with Crippen LogP contribution in [0.4, 0.5) is 0 Å². The van der Waals surface area contributed by atoms with Crippen LogP contribution in [0.25, 0.3) is 0 Å². The summed E-state index contributed by atoms with van der Waals surface area (Å²) in [5, 5.41) is 18.6. The van der Waals surface area contributed by atoms with E-state index < -0.39 is 45.5 Å². The predicted octanol–water partition coefficient (Wildman–Crippen LogP) is -0.933. The third kappa shape index (κ3) is 6.98. The number of carbonyl (C=O) groups is 1. The summed E-state index contributed by atoms with van der Waals surface area (Å²) in [4.78, 5) is 48.2. The molecule has 0 aliphatic carbocycles. The van der Waals surface area contributed by atoms with E-state index in [2.05, 4.69) is 0 Å². The monoisotopic (exact) mass is 384 g/mol. The molecule has 11 nitrogen and oxygen atoms in total. The van der Waals surface area contributed by atoms with Crippen LogP contribution in [0.1, 0.15) is 5.56 Å². The van der Waals surface area contributed by atoms with Gasteiger partial charge in [-0.1, -0.05) is 6.07 Å². The van der Waals surface area contributed by atoms with Crippen molar-refractivity contribution in [3.63, 3.8) is 0 Å². The fraction of sp³-hybridized carbons (Fsp3) is 0.364. The van der Waals surface area contributed by atoms with Crippen molar-refractivity contribution in [3.8, 4) is 11.5 Å². The molecule has 136 valence electrons. The summed E-state index contributed by atoms with van der Waals surface area (Å²) >= 11 is 0. The number of nitrogens with two attached hydrogens (primary N) is 1. The maximum Gasteiger partial charge on any atom is 0.344 e. The number of phenolic OH excluding ortho intramolecular Hbond substituents is 2. The minimum atomic E-state index is -4.77. The van der Waals surface area contributed by atoms with Gasteiger partial charge in [0.15, 0.2) is 11.5 Å². The molecule has 0 heterocycles. The highest BCUT2D eigenvalue weighted by Gasteiger charge is 2.32. The zero-order chi connectivity index (χ0) is 18.7. The lowest BCUT2D eigenvalue weighted by molar-refractivity contribution is -0.131. The molecule has 1 atom stereocenters. The number of amides is 1. The van der Waals surface area contributed by atoms with E-state index in [-0.39, 0.29) is 12.2 Å². The summed E-state index contributed by atoms with van der Waals surface area (Å²) in [6.07, 6.45) is -2.57. The van der Waals surface area contributed by atoms with E-state index >= 15 is 0 Å². The van der Waals surface area contributed by atoms with Crippen LogP contribution in [-0.2, 0) is 20.3 Å². The van der Waals surface area contributed by atoms with Crippen molar-refractivity contribution >= 4 is 21.1 Å². The molecule has 1 aromatic carbocycles. The minimum absolute atomic E-state index is 0.189. The van der Waals surface area contributed by atoms with Crippen LogP contribution in [0.3, 0.4) is 0 Å². The zero-order valence-corrected chi connectivity index (χ0v) is 14.0. The first-order valence-corrected chi connectivity index (χ1v) is 10.0. The summed E-state index contributed by atoms with van der Waals surface area (Å²) in [6.45, 7) is 0. The number of carbonyl (C=O) groups excluding carboxylic acids is 1. The molecule has 0 aliphatic rings. The smallest absolute Gasteiger partial charge is 0.344 e. The number of hydrogen-bond donors (Lipinski definition) is 7. The minimum Gasteiger partial charge on any atom is -0.504 e. The SMILES string of the molecule is N[C@@H](Cc1ccc(O)c(O)c1)C(=O)N(CP(=O)(O)O)CP(=O)(O)O. The average molecular weight is 384 g/mol. The van der Waals surface area contributed by atoms with Crippen molar-refractivity contribution in [2.75, 3.05) is 12.6 Å². The highest BCUT2D eigenvalue weighted by atomic mass is 31.2. The van der Waals surface area contributed by atoms with Gasteiger partial charge >= 0.3 is 15.2 Å². The van der Waals surface area contributed by atoms with Gasteiger partial charge in [-0.15, -0.1) is 0 Å². The van der Waals surface area contributed by atoms with Crippen LogP contribution in [0.2, 0.25) is 0 Å². The normalized spacial score (nSPS) is 13.5. The number of phenols is 2. The second-order valence-electron chi connectivity index (χ2n) is 5.12. The molecule has 0 unspecified atom stereocenters. The third-order valence-corrected chi connectivity index (χ3v) is 4.25. The highest BCUT2D eigenvalue weighted by molar-refractivity contribution is 7.52. The molecule has 1 aromatic rings. The first-order chi connectivity index (χ1) is 10.8. The van der Waals surface area contributed by atoms with Crippen molar-refractivity contribution < 1.29 is 43.7 Å². The summed E-state index contributed by atoms with van der Waals surface area (Å²) in [6, 6.07) is 2.29. The van der Waals surface area contributed by atoms with Gasteiger partial charge in [0.05, 0.1) is 6.04 Å². The molecule has 8 N–H and O–H groups in total. The molecule has 1 rings (SSSR count). The Morgan fingerprint density at radius 2 is 1.54 bits per heavy atom. The Hall–Kier alpha value is -1.45. The van der Waals surface area contributed by atoms with E-state index in [0.717, 1.165) is 12.1 Å². The molecule has 13 heteroatoms. The molecule has 24 heavy (non-hydrogen) atoms. The second-order valence-corrected chi connectivity index (χ2v) is 8.35. The van der Waals surface area contributed by atoms with Crippen LogP contribution in [0, 0.1) is 0 Å². The third-order valence-electron chi connectivity index (χ3n) is 2.83. The van der Waals surface area contributed by atoms with E-state index in [9.17, 15) is 24.1 Å². The zero-order valence-electron chi connectivity index (χ0n) is 12.3. The molecule has 0 spiro atoms. The van der Waals surface area contributed by atoms with E-state index in [0.29, 0.717) is 10.5 Å². The molecular formula is C11H18N2O9P2. The first kappa shape index (κ1) is 20.6. The summed E-state index contributed by atoms with van der Waals surface area (Å²) in [5.74, 6) is -1.91. The van der Waals surface area contributed by atoms with Gasteiger partial charge in [0.1, 0.15) is 12.6 Å². The van der Waals surface area contributed by atoms with Crippen molar-refractivity contribution in [1.29, 1.82) is 0 Å². The Morgan fingerprint density at radius 1 is 1.04 bits per heavy atom. The van der Waals surface area contributed by atoms with Gasteiger partial charge in [-0.05, 0) is 24.1 Å². The van der Waals surface area contributed by atoms with Gasteiger partial charge in [-0.25, -0.2) is 0 Å². The van der Waals surface area contributed by atoms with Crippen molar-refractivity contribution in [3.05, 3.63) is 23.8 Å². The Morgan fingerprint density at radius 3 is 1.96 bits per heavy atom. The molecule has 0 saturated heterocycles. The van der Waals surface area contributed by atoms with Gasteiger partial charge in [0.2, 0.25) is 5.91 Å². The molecule has 0 fully saturated rings. The summed E-state index contributed by atoms with van der Waals surface area (Å²) in [5.41, 5.74) is 5.97. The molecule has 0 radical (unpaired) electrons. The Kier molecular flexibility index (Phi) is 6.54. The number of benzene rings is 1. The van der Waals surface area contributed by atoms with Crippen LogP contribution in [0.15, 0.2) is 18.2 Å². The average Bonchev–Trinajstić information content (AvgIpc) is 2.38. The van der Waals surface area contributed by atoms with Gasteiger partial charge in [0, 0.05) is 0 Å². The largest absolute Gasteiger partial charge is 0.504 e. The standard InChI is InChI=1S/C11H18N2O9P2/c12-8(3-7-1-2-9(14)10(15)4-7)11(16)13(5-23(17,18)19)6-24(20,21)22/h1-2,4,8,14-15H,3,5-6,12H2,(H2,17,18,19)(H2,20,21,22)/t8-/m0/s1. The van der Waals surface area contributed by atoms with E-state index in [4.69, 9.17) is 25.3 Å². The Labute approximate surface area is 136 Å². The van der Waals surface area contributed by atoms with Crippen LogP contribution < -0.4 is 5.73 Å². The van der Waals surface area contributed by atoms with Gasteiger partial charge in [0.25, 0.3) is 0 Å². The number of rotatable bonds is 7. The topological polar surface area (TPSA) is 202 Å². The highest BCUT2D eigenvalue weighted by Crippen LogP contribution is 2.41. The van der Waals surface area contributed by atoms with E-state index in [1.54, 1.807) is 0 Å². The maximum absolute atomic E-state index is 12.2. The first-order valence-electron chi connectivity index (χ1n) is 6.43. The van der Waals surface area contributed by atoms with E-state index in [1.165, 1.54) is 6.07 Å². The van der Waals surface area contributed by atoms with Gasteiger partial charge < -0.3 is 40.4 Å². The van der Waals surface area contributed by atoms with Crippen LogP contribution in [0.5, 0.6) is 11.5 Å².